The van der Waals surface area contributed by atoms with Crippen LogP contribution in [0.15, 0.2) is 49.5 Å². The molecule has 10 heteroatoms. The van der Waals surface area contributed by atoms with Gasteiger partial charge in [-0.15, -0.1) is 0 Å². The zero-order valence-corrected chi connectivity index (χ0v) is 20.7. The predicted octanol–water partition coefficient (Wildman–Crippen LogP) is 2.21. The van der Waals surface area contributed by atoms with Crippen molar-refractivity contribution in [2.24, 2.45) is 18.4 Å². The number of nitrogens with zero attached hydrogens (tertiary/aromatic N) is 3. The minimum atomic E-state index is -1.19. The summed E-state index contributed by atoms with van der Waals surface area (Å²) >= 11 is 3.46. The number of fused-ring (bicyclic) bond motifs is 4. The van der Waals surface area contributed by atoms with Crippen molar-refractivity contribution in [2.75, 3.05) is 7.11 Å². The molecule has 3 aliphatic rings. The molecule has 34 heavy (non-hydrogen) atoms. The third kappa shape index (κ3) is 2.77. The van der Waals surface area contributed by atoms with Crippen molar-refractivity contribution in [3.05, 3.63) is 66.4 Å². The number of carbonyl (C=O) groups is 2. The van der Waals surface area contributed by atoms with E-state index in [1.54, 1.807) is 26.0 Å². The Labute approximate surface area is 203 Å². The van der Waals surface area contributed by atoms with Crippen molar-refractivity contribution in [2.45, 2.75) is 38.8 Å². The molecule has 0 spiro atoms. The molecule has 1 fully saturated rings. The van der Waals surface area contributed by atoms with Crippen LogP contribution in [0.1, 0.15) is 37.8 Å². The van der Waals surface area contributed by atoms with E-state index in [1.807, 2.05) is 6.08 Å². The third-order valence-corrected chi connectivity index (χ3v) is 8.19. The second-order valence-electron chi connectivity index (χ2n) is 9.38. The molecule has 2 aromatic rings. The number of Topliss-reactive ketones (excluding diaryl/α,β-unsaturated/α-hetero) is 1. The van der Waals surface area contributed by atoms with E-state index in [0.29, 0.717) is 15.6 Å². The molecule has 9 nitrogen and oxygen atoms in total. The summed E-state index contributed by atoms with van der Waals surface area (Å²) in [5.41, 5.74) is -0.619. The molecule has 1 aromatic carbocycles. The van der Waals surface area contributed by atoms with Crippen LogP contribution >= 0.6 is 15.9 Å². The normalized spacial score (nSPS) is 28.0. The minimum absolute atomic E-state index is 0.132. The van der Waals surface area contributed by atoms with Gasteiger partial charge in [0.2, 0.25) is 0 Å². The van der Waals surface area contributed by atoms with Gasteiger partial charge in [0.05, 0.1) is 25.1 Å². The topological polar surface area (TPSA) is 113 Å². The van der Waals surface area contributed by atoms with Crippen molar-refractivity contribution in [1.29, 1.82) is 0 Å². The largest absolute Gasteiger partial charge is 0.504 e. The second-order valence-corrected chi connectivity index (χ2v) is 10.3. The van der Waals surface area contributed by atoms with Crippen molar-refractivity contribution in [1.82, 2.24) is 13.9 Å². The van der Waals surface area contributed by atoms with Gasteiger partial charge in [-0.3, -0.25) is 9.59 Å². The fraction of sp³-hybridized carbons (Fsp3) is 0.417. The lowest BCUT2D eigenvalue weighted by atomic mass is 9.51. The summed E-state index contributed by atoms with van der Waals surface area (Å²) in [5, 5.41) is 11.2. The van der Waals surface area contributed by atoms with E-state index < -0.39 is 34.7 Å². The van der Waals surface area contributed by atoms with Crippen LogP contribution in [0.3, 0.4) is 0 Å². The summed E-state index contributed by atoms with van der Waals surface area (Å²) in [6.07, 6.45) is 3.42. The lowest BCUT2D eigenvalue weighted by molar-refractivity contribution is -0.139. The highest BCUT2D eigenvalue weighted by Crippen LogP contribution is 2.61. The van der Waals surface area contributed by atoms with Gasteiger partial charge in [0.25, 0.3) is 0 Å². The summed E-state index contributed by atoms with van der Waals surface area (Å²) in [7, 11) is 2.85. The molecule has 1 N–H and O–H groups in total. The minimum Gasteiger partial charge on any atom is -0.504 e. The van der Waals surface area contributed by atoms with Gasteiger partial charge in [0.1, 0.15) is 0 Å². The van der Waals surface area contributed by atoms with Gasteiger partial charge in [-0.2, -0.15) is 0 Å². The van der Waals surface area contributed by atoms with Gasteiger partial charge < -0.3 is 9.84 Å². The molecule has 2 aliphatic carbocycles. The maximum Gasteiger partial charge on any atom is 0.347 e. The molecule has 0 radical (unpaired) electrons. The number of halogens is 1. The number of carbonyl (C=O) groups excluding carboxylic acids is 2. The maximum absolute atomic E-state index is 13.6. The van der Waals surface area contributed by atoms with E-state index in [2.05, 4.69) is 15.9 Å². The molecular weight excluding hydrogens is 506 g/mol. The number of benzene rings is 1. The molecule has 0 amide bonds. The van der Waals surface area contributed by atoms with E-state index in [1.165, 1.54) is 29.6 Å². The van der Waals surface area contributed by atoms with Crippen molar-refractivity contribution in [3.8, 4) is 11.5 Å². The number of aromatic hydroxyl groups is 1. The van der Waals surface area contributed by atoms with E-state index in [0.717, 1.165) is 10.1 Å². The number of hydrogen-bond acceptors (Lipinski definition) is 6. The number of ketones is 2. The van der Waals surface area contributed by atoms with Crippen LogP contribution in [-0.4, -0.2) is 37.7 Å². The van der Waals surface area contributed by atoms with E-state index >= 15 is 0 Å². The predicted molar refractivity (Wildman–Crippen MR) is 126 cm³/mol. The smallest absolute Gasteiger partial charge is 0.347 e. The Morgan fingerprint density at radius 1 is 1.18 bits per heavy atom. The highest BCUT2D eigenvalue weighted by atomic mass is 79.9. The molecule has 5 rings (SSSR count). The third-order valence-electron chi connectivity index (χ3n) is 7.73. The van der Waals surface area contributed by atoms with Crippen LogP contribution in [0.5, 0.6) is 11.5 Å². The zero-order valence-electron chi connectivity index (χ0n) is 19.2. The average Bonchev–Trinajstić information content (AvgIpc) is 3.02. The van der Waals surface area contributed by atoms with E-state index in [9.17, 15) is 24.3 Å². The SMILES string of the molecule is COc1cc(Br)cc([C@H]2C3=CCn4c(=O)n(C)c(=O)n4[C@@H]3C[C@H]3C(=O)C(C)=CC(=O)[C@@]23C)c1O. The first kappa shape index (κ1) is 22.6. The fourth-order valence-electron chi connectivity index (χ4n) is 5.97. The van der Waals surface area contributed by atoms with Crippen LogP contribution in [0.4, 0.5) is 0 Å². The summed E-state index contributed by atoms with van der Waals surface area (Å²) in [6.45, 7) is 3.51. The Morgan fingerprint density at radius 3 is 2.56 bits per heavy atom. The van der Waals surface area contributed by atoms with Crippen LogP contribution in [0, 0.1) is 11.3 Å². The van der Waals surface area contributed by atoms with Gasteiger partial charge in [-0.1, -0.05) is 28.9 Å². The number of phenols is 1. The molecule has 0 saturated heterocycles. The molecule has 1 aromatic heterocycles. The van der Waals surface area contributed by atoms with Crippen molar-refractivity contribution >= 4 is 27.5 Å². The Hall–Kier alpha value is -3.14. The van der Waals surface area contributed by atoms with Crippen LogP contribution in [0.25, 0.3) is 0 Å². The molecular formula is C24H24BrN3O6. The van der Waals surface area contributed by atoms with Crippen molar-refractivity contribution < 1.29 is 19.4 Å². The van der Waals surface area contributed by atoms with Gasteiger partial charge in [0, 0.05) is 28.9 Å². The molecule has 178 valence electrons. The summed E-state index contributed by atoms with van der Waals surface area (Å²) in [6, 6.07) is 2.71. The first-order chi connectivity index (χ1) is 16.0. The average molecular weight is 530 g/mol. The Balaban J connectivity index is 1.84. The molecule has 1 saturated carbocycles. The Morgan fingerprint density at radius 2 is 1.88 bits per heavy atom. The summed E-state index contributed by atoms with van der Waals surface area (Å²) in [5.74, 6) is -1.75. The van der Waals surface area contributed by atoms with Gasteiger partial charge in [-0.05, 0) is 42.7 Å². The quantitative estimate of drug-likeness (QED) is 0.596. The maximum atomic E-state index is 13.6. The summed E-state index contributed by atoms with van der Waals surface area (Å²) < 4.78 is 9.77. The number of rotatable bonds is 2. The highest BCUT2D eigenvalue weighted by Gasteiger charge is 2.59. The monoisotopic (exact) mass is 529 g/mol. The van der Waals surface area contributed by atoms with E-state index in [-0.39, 0.29) is 36.0 Å². The number of methoxy groups -OCH3 is 1. The van der Waals surface area contributed by atoms with E-state index in [4.69, 9.17) is 4.74 Å². The second kappa shape index (κ2) is 7.43. The lowest BCUT2D eigenvalue weighted by Crippen LogP contribution is -2.54. The fourth-order valence-corrected chi connectivity index (χ4v) is 6.42. The van der Waals surface area contributed by atoms with Gasteiger partial charge in [-0.25, -0.2) is 23.5 Å². The number of phenolic OH excluding ortho intramolecular Hbond substituents is 1. The standard InChI is InChI=1S/C24H24BrN3O6/c1-11-7-18(29)24(2)15(20(11)30)10-16-13(5-6-27-22(32)26(3)23(33)28(16)27)19(24)14-8-12(25)9-17(34-4)21(14)31/h5,7-9,15-16,19,31H,6,10H2,1-4H3/t15-,16+,19+,24-/m0/s1. The van der Waals surface area contributed by atoms with Gasteiger partial charge >= 0.3 is 11.4 Å². The Bertz CT molecular complexity index is 1460. The first-order valence-electron chi connectivity index (χ1n) is 10.9. The number of ether oxygens (including phenoxy) is 1. The summed E-state index contributed by atoms with van der Waals surface area (Å²) in [4.78, 5) is 52.7. The zero-order chi connectivity index (χ0) is 24.7. The number of hydrogen-bond donors (Lipinski definition) is 1. The van der Waals surface area contributed by atoms with Gasteiger partial charge in [0.15, 0.2) is 23.1 Å². The molecule has 4 atom stereocenters. The lowest BCUT2D eigenvalue weighted by Gasteiger charge is -2.52. The van der Waals surface area contributed by atoms with Crippen LogP contribution in [0.2, 0.25) is 0 Å². The van der Waals surface area contributed by atoms with Crippen LogP contribution in [-0.2, 0) is 23.2 Å². The molecule has 0 unspecified atom stereocenters. The highest BCUT2D eigenvalue weighted by molar-refractivity contribution is 9.10. The molecule has 2 heterocycles. The molecule has 0 bridgehead atoms. The Kier molecular flexibility index (Phi) is 4.95. The molecule has 1 aliphatic heterocycles. The van der Waals surface area contributed by atoms with Crippen molar-refractivity contribution in [3.63, 3.8) is 0 Å². The first-order valence-corrected chi connectivity index (χ1v) is 11.7. The number of allylic oxidation sites excluding steroid dienone is 4. The van der Waals surface area contributed by atoms with Crippen LogP contribution < -0.4 is 16.1 Å². The number of aromatic nitrogens is 3.